The van der Waals surface area contributed by atoms with Gasteiger partial charge in [-0.05, 0) is 23.6 Å². The highest BCUT2D eigenvalue weighted by Gasteiger charge is 2.20. The van der Waals surface area contributed by atoms with Gasteiger partial charge in [-0.25, -0.2) is 4.98 Å². The van der Waals surface area contributed by atoms with Gasteiger partial charge in [0, 0.05) is 12.8 Å². The minimum Gasteiger partial charge on any atom is -0.310 e. The molecule has 0 saturated carbocycles. The predicted molar refractivity (Wildman–Crippen MR) is 131 cm³/mol. The zero-order chi connectivity index (χ0) is 22.8. The Hall–Kier alpha value is -3.69. The molecule has 1 amide bonds. The van der Waals surface area contributed by atoms with Crippen molar-refractivity contribution in [3.05, 3.63) is 103 Å². The summed E-state index contributed by atoms with van der Waals surface area (Å²) >= 11 is 2.55. The van der Waals surface area contributed by atoms with Gasteiger partial charge >= 0.3 is 0 Å². The number of H-pyrrole nitrogens is 1. The van der Waals surface area contributed by atoms with Crippen molar-refractivity contribution in [3.8, 4) is 0 Å². The molecule has 0 fully saturated rings. The summed E-state index contributed by atoms with van der Waals surface area (Å²) in [6, 6.07) is 19.8. The summed E-state index contributed by atoms with van der Waals surface area (Å²) in [5.41, 5.74) is 2.55. The first-order valence-corrected chi connectivity index (χ1v) is 11.9. The van der Waals surface area contributed by atoms with Gasteiger partial charge in [-0.2, -0.15) is 0 Å². The maximum Gasteiger partial charge on any atom is 0.267 e. The average Bonchev–Trinajstić information content (AvgIpc) is 3.39. The van der Waals surface area contributed by atoms with Gasteiger partial charge in [0.05, 0.1) is 10.3 Å². The molecule has 5 rings (SSSR count). The molecular weight excluding hydrogens is 454 g/mol. The van der Waals surface area contributed by atoms with E-state index >= 15 is 0 Å². The van der Waals surface area contributed by atoms with Crippen LogP contribution in [-0.2, 0) is 12.8 Å². The Morgan fingerprint density at radius 1 is 0.939 bits per heavy atom. The number of nitrogens with zero attached hydrogens (tertiary/aromatic N) is 3. The number of aryl methyl sites for hydroxylation is 1. The van der Waals surface area contributed by atoms with Crippen LogP contribution in [-0.4, -0.2) is 26.1 Å². The van der Waals surface area contributed by atoms with Crippen molar-refractivity contribution < 1.29 is 4.79 Å². The Morgan fingerprint density at radius 3 is 2.30 bits per heavy atom. The fraction of sp³-hybridized carbons (Fsp3) is 0.125. The lowest BCUT2D eigenvalue weighted by Gasteiger charge is -2.01. The molecule has 0 aliphatic heterocycles. The van der Waals surface area contributed by atoms with Crippen LogP contribution in [0.4, 0.5) is 5.13 Å². The third kappa shape index (κ3) is 4.59. The first-order valence-electron chi connectivity index (χ1n) is 10.3. The van der Waals surface area contributed by atoms with Gasteiger partial charge in [0.15, 0.2) is 0 Å². The lowest BCUT2D eigenvalue weighted by atomic mass is 10.1. The van der Waals surface area contributed by atoms with E-state index in [-0.39, 0.29) is 11.5 Å². The summed E-state index contributed by atoms with van der Waals surface area (Å²) in [5, 5.41) is 12.8. The molecule has 5 aromatic rings. The molecule has 0 radical (unpaired) electrons. The number of aromatic amines is 1. The number of anilines is 1. The van der Waals surface area contributed by atoms with E-state index in [1.807, 2.05) is 60.7 Å². The molecule has 0 aliphatic rings. The second-order valence-corrected chi connectivity index (χ2v) is 9.59. The number of benzene rings is 2. The summed E-state index contributed by atoms with van der Waals surface area (Å²) in [6.45, 7) is 1.77. The van der Waals surface area contributed by atoms with Crippen molar-refractivity contribution in [1.29, 1.82) is 0 Å². The summed E-state index contributed by atoms with van der Waals surface area (Å²) in [7, 11) is 0. The van der Waals surface area contributed by atoms with Crippen molar-refractivity contribution in [2.75, 3.05) is 5.32 Å². The van der Waals surface area contributed by atoms with Gasteiger partial charge < -0.3 is 4.98 Å². The van der Waals surface area contributed by atoms with Crippen LogP contribution in [0.5, 0.6) is 0 Å². The van der Waals surface area contributed by atoms with E-state index in [0.29, 0.717) is 44.5 Å². The number of carbonyl (C=O) groups excluding carboxylic acids is 1. The fourth-order valence-corrected chi connectivity index (χ4v) is 5.44. The Labute approximate surface area is 197 Å². The largest absolute Gasteiger partial charge is 0.310 e. The predicted octanol–water partition coefficient (Wildman–Crippen LogP) is 4.58. The summed E-state index contributed by atoms with van der Waals surface area (Å²) in [5.74, 6) is 0.253. The van der Waals surface area contributed by atoms with Crippen LogP contribution in [0, 0.1) is 6.92 Å². The molecule has 0 aliphatic carbocycles. The van der Waals surface area contributed by atoms with Gasteiger partial charge in [0.25, 0.3) is 11.5 Å². The second-order valence-electron chi connectivity index (χ2n) is 7.53. The van der Waals surface area contributed by atoms with Gasteiger partial charge in [-0.3, -0.25) is 14.9 Å². The standard InChI is InChI=1S/C24H19N5O2S2/c1-14-19-21(30)25-17(12-15-8-4-2-5-9-15)26-23(19)33-20(14)22(31)27-24-29-28-18(32-24)13-16-10-6-3-7-11-16/h2-11H,12-13H2,1H3,(H,25,26,30)(H,27,29,31). The fourth-order valence-electron chi connectivity index (χ4n) is 3.58. The maximum absolute atomic E-state index is 13.0. The molecule has 3 aromatic heterocycles. The average molecular weight is 474 g/mol. The molecule has 0 spiro atoms. The smallest absolute Gasteiger partial charge is 0.267 e. The van der Waals surface area contributed by atoms with Crippen molar-refractivity contribution in [1.82, 2.24) is 20.2 Å². The molecule has 33 heavy (non-hydrogen) atoms. The molecule has 0 bridgehead atoms. The molecule has 0 atom stereocenters. The first-order chi connectivity index (χ1) is 16.1. The Balaban J connectivity index is 1.37. The number of hydrogen-bond acceptors (Lipinski definition) is 7. The normalized spacial score (nSPS) is 11.1. The van der Waals surface area contributed by atoms with Gasteiger partial charge in [-0.15, -0.1) is 21.5 Å². The number of fused-ring (bicyclic) bond motifs is 1. The van der Waals surface area contributed by atoms with E-state index in [4.69, 9.17) is 0 Å². The summed E-state index contributed by atoms with van der Waals surface area (Å²) in [4.78, 5) is 34.2. The lowest BCUT2D eigenvalue weighted by molar-refractivity contribution is 0.103. The molecule has 3 heterocycles. The zero-order valence-corrected chi connectivity index (χ0v) is 19.3. The van der Waals surface area contributed by atoms with E-state index in [9.17, 15) is 9.59 Å². The number of nitrogens with one attached hydrogen (secondary N) is 2. The lowest BCUT2D eigenvalue weighted by Crippen LogP contribution is -2.13. The minimum atomic E-state index is -0.318. The van der Waals surface area contributed by atoms with Crippen LogP contribution < -0.4 is 10.9 Å². The van der Waals surface area contributed by atoms with Gasteiger partial charge in [0.2, 0.25) is 5.13 Å². The summed E-state index contributed by atoms with van der Waals surface area (Å²) in [6.07, 6.45) is 1.17. The van der Waals surface area contributed by atoms with Crippen LogP contribution in [0.3, 0.4) is 0 Å². The van der Waals surface area contributed by atoms with Crippen LogP contribution in [0.2, 0.25) is 0 Å². The number of thiophene rings is 1. The van der Waals surface area contributed by atoms with Crippen LogP contribution >= 0.6 is 22.7 Å². The van der Waals surface area contributed by atoms with Gasteiger partial charge in [-0.1, -0.05) is 72.0 Å². The maximum atomic E-state index is 13.0. The monoisotopic (exact) mass is 473 g/mol. The van der Waals surface area contributed by atoms with Crippen LogP contribution in [0.25, 0.3) is 10.2 Å². The third-order valence-electron chi connectivity index (χ3n) is 5.16. The molecule has 0 unspecified atom stereocenters. The molecule has 164 valence electrons. The van der Waals surface area contributed by atoms with Gasteiger partial charge in [0.1, 0.15) is 15.7 Å². The van der Waals surface area contributed by atoms with E-state index in [1.54, 1.807) is 6.92 Å². The minimum absolute atomic E-state index is 0.236. The molecule has 2 aromatic carbocycles. The zero-order valence-electron chi connectivity index (χ0n) is 17.7. The highest BCUT2D eigenvalue weighted by molar-refractivity contribution is 7.21. The Kier molecular flexibility index (Phi) is 5.80. The van der Waals surface area contributed by atoms with E-state index in [0.717, 1.165) is 16.1 Å². The Bertz CT molecular complexity index is 1490. The number of hydrogen-bond donors (Lipinski definition) is 2. The highest BCUT2D eigenvalue weighted by Crippen LogP contribution is 2.28. The third-order valence-corrected chi connectivity index (χ3v) is 7.18. The number of carbonyl (C=O) groups is 1. The van der Waals surface area contributed by atoms with Crippen molar-refractivity contribution in [3.63, 3.8) is 0 Å². The topological polar surface area (TPSA) is 101 Å². The van der Waals surface area contributed by atoms with E-state index in [1.165, 1.54) is 22.7 Å². The molecule has 2 N–H and O–H groups in total. The quantitative estimate of drug-likeness (QED) is 0.376. The SMILES string of the molecule is Cc1c(C(=O)Nc2nnc(Cc3ccccc3)s2)sc2nc(Cc3ccccc3)[nH]c(=O)c12. The number of aromatic nitrogens is 4. The van der Waals surface area contributed by atoms with Crippen molar-refractivity contribution in [2.45, 2.75) is 19.8 Å². The molecule has 9 heteroatoms. The molecular formula is C24H19N5O2S2. The van der Waals surface area contributed by atoms with E-state index < -0.39 is 0 Å². The van der Waals surface area contributed by atoms with Crippen molar-refractivity contribution >= 4 is 43.9 Å². The van der Waals surface area contributed by atoms with E-state index in [2.05, 4.69) is 25.5 Å². The second kappa shape index (κ2) is 9.05. The molecule has 7 nitrogen and oxygen atoms in total. The first kappa shape index (κ1) is 21.2. The highest BCUT2D eigenvalue weighted by atomic mass is 32.1. The Morgan fingerprint density at radius 2 is 1.61 bits per heavy atom. The number of amides is 1. The van der Waals surface area contributed by atoms with Crippen LogP contribution in [0.15, 0.2) is 65.5 Å². The van der Waals surface area contributed by atoms with Crippen molar-refractivity contribution in [2.24, 2.45) is 0 Å². The summed E-state index contributed by atoms with van der Waals surface area (Å²) < 4.78 is 0. The number of rotatable bonds is 6. The van der Waals surface area contributed by atoms with Crippen LogP contribution in [0.1, 0.15) is 37.2 Å². The molecule has 0 saturated heterocycles.